The number of sulfonamides is 1. The van der Waals surface area contributed by atoms with Crippen LogP contribution in [0.25, 0.3) is 0 Å². The van der Waals surface area contributed by atoms with Crippen LogP contribution in [0.5, 0.6) is 0 Å². The fourth-order valence-electron chi connectivity index (χ4n) is 3.04. The highest BCUT2D eigenvalue weighted by molar-refractivity contribution is 7.92. The second kappa shape index (κ2) is 7.86. The Balaban J connectivity index is 1.86. The summed E-state index contributed by atoms with van der Waals surface area (Å²) in [5, 5.41) is -0.256. The molecule has 0 atom stereocenters. The molecule has 0 unspecified atom stereocenters. The first kappa shape index (κ1) is 19.6. The molecular formula is C19H20ClFN2O3S. The Bertz CT molecular complexity index is 979. The van der Waals surface area contributed by atoms with Crippen LogP contribution in [0.1, 0.15) is 31.7 Å². The minimum absolute atomic E-state index is 0.0882. The maximum atomic E-state index is 13.3. The van der Waals surface area contributed by atoms with Crippen molar-refractivity contribution in [3.63, 3.8) is 0 Å². The van der Waals surface area contributed by atoms with Crippen LogP contribution in [0.2, 0.25) is 5.02 Å². The van der Waals surface area contributed by atoms with Gasteiger partial charge < -0.3 is 4.90 Å². The fraction of sp³-hybridized carbons (Fsp3) is 0.316. The van der Waals surface area contributed by atoms with E-state index >= 15 is 0 Å². The summed E-state index contributed by atoms with van der Waals surface area (Å²) in [7, 11) is -3.90. The van der Waals surface area contributed by atoms with Crippen molar-refractivity contribution >= 4 is 38.9 Å². The highest BCUT2D eigenvalue weighted by Crippen LogP contribution is 2.31. The first-order valence-corrected chi connectivity index (χ1v) is 10.6. The number of carbonyl (C=O) groups excluding carboxylic acids is 1. The van der Waals surface area contributed by atoms with Crippen LogP contribution >= 0.6 is 11.6 Å². The number of carbonyl (C=O) groups is 1. The van der Waals surface area contributed by atoms with Crippen molar-refractivity contribution in [2.24, 2.45) is 0 Å². The molecule has 5 nitrogen and oxygen atoms in total. The zero-order valence-electron chi connectivity index (χ0n) is 14.8. The molecule has 0 fully saturated rings. The molecule has 0 radical (unpaired) electrons. The summed E-state index contributed by atoms with van der Waals surface area (Å²) in [6, 6.07) is 8.37. The monoisotopic (exact) mass is 410 g/mol. The number of anilines is 2. The molecule has 2 aromatic carbocycles. The van der Waals surface area contributed by atoms with E-state index in [0.717, 1.165) is 42.3 Å². The summed E-state index contributed by atoms with van der Waals surface area (Å²) in [6.45, 7) is 2.72. The van der Waals surface area contributed by atoms with E-state index in [9.17, 15) is 17.6 Å². The number of nitrogens with zero attached hydrogens (tertiary/aromatic N) is 1. The third-order valence-electron chi connectivity index (χ3n) is 4.47. The van der Waals surface area contributed by atoms with Gasteiger partial charge in [-0.1, -0.05) is 24.9 Å². The van der Waals surface area contributed by atoms with Gasteiger partial charge in [0.15, 0.2) is 0 Å². The van der Waals surface area contributed by atoms with E-state index in [1.165, 1.54) is 0 Å². The molecule has 0 bridgehead atoms. The molecule has 1 N–H and O–H groups in total. The number of fused-ring (bicyclic) bond motifs is 1. The van der Waals surface area contributed by atoms with Crippen molar-refractivity contribution in [2.75, 3.05) is 16.2 Å². The van der Waals surface area contributed by atoms with Gasteiger partial charge >= 0.3 is 0 Å². The fourth-order valence-corrected chi connectivity index (χ4v) is 4.36. The first-order chi connectivity index (χ1) is 12.8. The van der Waals surface area contributed by atoms with Crippen LogP contribution in [-0.4, -0.2) is 20.9 Å². The molecule has 2 aromatic rings. The predicted octanol–water partition coefficient (Wildman–Crippen LogP) is 4.36. The number of benzene rings is 2. The Hall–Kier alpha value is -2.12. The molecule has 0 aliphatic carbocycles. The van der Waals surface area contributed by atoms with Gasteiger partial charge in [-0.25, -0.2) is 12.8 Å². The molecule has 0 aromatic heterocycles. The lowest BCUT2D eigenvalue weighted by Gasteiger charge is -2.29. The van der Waals surface area contributed by atoms with Crippen molar-refractivity contribution in [3.05, 3.63) is 52.8 Å². The molecule has 1 aliphatic heterocycles. The van der Waals surface area contributed by atoms with E-state index in [2.05, 4.69) is 11.6 Å². The Labute approximate surface area is 163 Å². The van der Waals surface area contributed by atoms with Crippen LogP contribution in [0.15, 0.2) is 41.3 Å². The summed E-state index contributed by atoms with van der Waals surface area (Å²) in [4.78, 5) is 13.8. The Morgan fingerprint density at radius 1 is 1.19 bits per heavy atom. The second-order valence-corrected chi connectivity index (χ2v) is 8.51. The van der Waals surface area contributed by atoms with E-state index in [4.69, 9.17) is 11.6 Å². The van der Waals surface area contributed by atoms with Gasteiger partial charge in [0.05, 0.1) is 9.92 Å². The minimum atomic E-state index is -3.90. The van der Waals surface area contributed by atoms with Crippen LogP contribution < -0.4 is 9.62 Å². The van der Waals surface area contributed by atoms with Gasteiger partial charge in [-0.15, -0.1) is 0 Å². The molecule has 0 saturated heterocycles. The molecule has 0 spiro atoms. The lowest BCUT2D eigenvalue weighted by Crippen LogP contribution is -2.35. The number of halogens is 2. The van der Waals surface area contributed by atoms with E-state index < -0.39 is 15.8 Å². The van der Waals surface area contributed by atoms with Crippen molar-refractivity contribution in [2.45, 2.75) is 37.5 Å². The number of amides is 1. The van der Waals surface area contributed by atoms with Gasteiger partial charge in [0.2, 0.25) is 5.91 Å². The van der Waals surface area contributed by atoms with E-state index in [1.54, 1.807) is 23.1 Å². The molecule has 3 rings (SSSR count). The number of aryl methyl sites for hydroxylation is 1. The quantitative estimate of drug-likeness (QED) is 0.769. The molecule has 1 aliphatic rings. The number of unbranched alkanes of at least 4 members (excludes halogenated alkanes) is 1. The summed E-state index contributed by atoms with van der Waals surface area (Å²) in [6.07, 6.45) is 2.86. The molecule has 1 amide bonds. The Morgan fingerprint density at radius 3 is 2.67 bits per heavy atom. The van der Waals surface area contributed by atoms with Gasteiger partial charge in [-0.2, -0.15) is 0 Å². The van der Waals surface area contributed by atoms with Gasteiger partial charge in [0.25, 0.3) is 10.0 Å². The van der Waals surface area contributed by atoms with Crippen molar-refractivity contribution in [3.8, 4) is 0 Å². The largest absolute Gasteiger partial charge is 0.312 e. The third kappa shape index (κ3) is 4.25. The molecule has 1 heterocycles. The summed E-state index contributed by atoms with van der Waals surface area (Å²) >= 11 is 5.68. The Kier molecular flexibility index (Phi) is 5.72. The van der Waals surface area contributed by atoms with Crippen LogP contribution in [0, 0.1) is 5.82 Å². The first-order valence-electron chi connectivity index (χ1n) is 8.73. The lowest BCUT2D eigenvalue weighted by molar-refractivity contribution is -0.118. The zero-order valence-corrected chi connectivity index (χ0v) is 16.4. The highest BCUT2D eigenvalue weighted by Gasteiger charge is 2.24. The van der Waals surface area contributed by atoms with E-state index in [0.29, 0.717) is 25.1 Å². The Morgan fingerprint density at radius 2 is 1.96 bits per heavy atom. The van der Waals surface area contributed by atoms with Gasteiger partial charge in [-0.3, -0.25) is 9.52 Å². The van der Waals surface area contributed by atoms with Crippen LogP contribution in [-0.2, 0) is 21.2 Å². The molecule has 144 valence electrons. The van der Waals surface area contributed by atoms with Gasteiger partial charge in [-0.05, 0) is 54.8 Å². The van der Waals surface area contributed by atoms with E-state index in [1.807, 2.05) is 0 Å². The van der Waals surface area contributed by atoms with Crippen molar-refractivity contribution < 1.29 is 17.6 Å². The smallest absolute Gasteiger partial charge is 0.261 e. The summed E-state index contributed by atoms with van der Waals surface area (Å²) in [5.41, 5.74) is 2.13. The summed E-state index contributed by atoms with van der Waals surface area (Å²) < 4.78 is 40.8. The standard InChI is InChI=1S/C19H20ClFN2O3S/c1-2-3-10-23-18-8-5-14(11-13(18)4-9-19(23)24)22-27(25,26)15-6-7-17(21)16(20)12-15/h5-8,11-12,22H,2-4,9-10H2,1H3. The average molecular weight is 411 g/mol. The van der Waals surface area contributed by atoms with Crippen molar-refractivity contribution in [1.29, 1.82) is 0 Å². The van der Waals surface area contributed by atoms with Gasteiger partial charge in [0, 0.05) is 24.3 Å². The number of hydrogen-bond acceptors (Lipinski definition) is 3. The third-order valence-corrected chi connectivity index (χ3v) is 6.14. The SMILES string of the molecule is CCCCN1C(=O)CCc2cc(NS(=O)(=O)c3ccc(F)c(Cl)c3)ccc21. The average Bonchev–Trinajstić information content (AvgIpc) is 2.63. The highest BCUT2D eigenvalue weighted by atomic mass is 35.5. The van der Waals surface area contributed by atoms with Crippen LogP contribution in [0.3, 0.4) is 0 Å². The second-order valence-electron chi connectivity index (χ2n) is 6.42. The minimum Gasteiger partial charge on any atom is -0.312 e. The maximum Gasteiger partial charge on any atom is 0.261 e. The topological polar surface area (TPSA) is 66.5 Å². The predicted molar refractivity (Wildman–Crippen MR) is 104 cm³/mol. The molecular weight excluding hydrogens is 391 g/mol. The van der Waals surface area contributed by atoms with Crippen LogP contribution in [0.4, 0.5) is 15.8 Å². The molecule has 0 saturated carbocycles. The lowest BCUT2D eigenvalue weighted by atomic mass is 10.00. The number of hydrogen-bond donors (Lipinski definition) is 1. The molecule has 8 heteroatoms. The normalized spacial score (nSPS) is 14.2. The zero-order chi connectivity index (χ0) is 19.6. The number of nitrogens with one attached hydrogen (secondary N) is 1. The maximum absolute atomic E-state index is 13.3. The summed E-state index contributed by atoms with van der Waals surface area (Å²) in [5.74, 6) is -0.591. The molecule has 27 heavy (non-hydrogen) atoms. The van der Waals surface area contributed by atoms with Gasteiger partial charge in [0.1, 0.15) is 5.82 Å². The van der Waals surface area contributed by atoms with Crippen molar-refractivity contribution in [1.82, 2.24) is 0 Å². The number of rotatable bonds is 6. The van der Waals surface area contributed by atoms with E-state index in [-0.39, 0.29) is 15.8 Å².